The molecule has 0 aliphatic heterocycles. The van der Waals surface area contributed by atoms with Crippen LogP contribution in [0.15, 0.2) is 36.9 Å². The number of aliphatic hydroxyl groups excluding tert-OH is 1. The zero-order valence-electron chi connectivity index (χ0n) is 20.0. The summed E-state index contributed by atoms with van der Waals surface area (Å²) in [6.07, 6.45) is 3.33. The molecule has 2 unspecified atom stereocenters. The van der Waals surface area contributed by atoms with Crippen LogP contribution in [-0.2, 0) is 14.3 Å². The summed E-state index contributed by atoms with van der Waals surface area (Å²) >= 11 is 0. The van der Waals surface area contributed by atoms with Crippen molar-refractivity contribution in [2.45, 2.75) is 64.6 Å². The van der Waals surface area contributed by atoms with E-state index in [1.807, 2.05) is 0 Å². The quantitative estimate of drug-likeness (QED) is 0.279. The molecule has 3 amide bonds. The summed E-state index contributed by atoms with van der Waals surface area (Å²) in [6, 6.07) is 3.55. The summed E-state index contributed by atoms with van der Waals surface area (Å²) < 4.78 is 5.18. The third-order valence-electron chi connectivity index (χ3n) is 4.63. The second-order valence-electron chi connectivity index (χ2n) is 8.65. The molecule has 1 aromatic carbocycles. The Labute approximate surface area is 195 Å². The summed E-state index contributed by atoms with van der Waals surface area (Å²) in [7, 11) is 0. The van der Waals surface area contributed by atoms with E-state index in [4.69, 9.17) is 4.74 Å². The maximum atomic E-state index is 13.3. The van der Waals surface area contributed by atoms with Gasteiger partial charge in [0.15, 0.2) is 0 Å². The van der Waals surface area contributed by atoms with Gasteiger partial charge in [0.25, 0.3) is 0 Å². The molecule has 2 atom stereocenters. The highest BCUT2D eigenvalue weighted by molar-refractivity contribution is 5.92. The van der Waals surface area contributed by atoms with E-state index in [0.717, 1.165) is 19.3 Å². The molecular formula is C24H37N3O6. The number of amides is 3. The number of carbonyl (C=O) groups excluding carboxylic acids is 3. The fraction of sp³-hybridized carbons (Fsp3) is 0.542. The van der Waals surface area contributed by atoms with E-state index in [9.17, 15) is 24.6 Å². The number of phenolic OH excluding ortho intramolecular Hbond substituents is 1. The minimum Gasteiger partial charge on any atom is -0.508 e. The fourth-order valence-corrected chi connectivity index (χ4v) is 3.11. The zero-order valence-corrected chi connectivity index (χ0v) is 20.0. The predicted octanol–water partition coefficient (Wildman–Crippen LogP) is 2.64. The highest BCUT2D eigenvalue weighted by Crippen LogP contribution is 2.24. The minimum absolute atomic E-state index is 0.0146. The number of alkyl carbamates (subject to hydrolysis) is 1. The Kier molecular flexibility index (Phi) is 11.4. The number of ether oxygens (including phenoxy) is 1. The molecule has 0 aliphatic carbocycles. The van der Waals surface area contributed by atoms with Gasteiger partial charge in [-0.1, -0.05) is 38.0 Å². The lowest BCUT2D eigenvalue weighted by molar-refractivity contribution is -0.142. The van der Waals surface area contributed by atoms with Gasteiger partial charge in [0, 0.05) is 13.1 Å². The van der Waals surface area contributed by atoms with Gasteiger partial charge in [-0.2, -0.15) is 0 Å². The lowest BCUT2D eigenvalue weighted by atomic mass is 10.0. The van der Waals surface area contributed by atoms with Gasteiger partial charge in [-0.05, 0) is 44.9 Å². The smallest absolute Gasteiger partial charge is 0.408 e. The van der Waals surface area contributed by atoms with Crippen molar-refractivity contribution in [3.05, 3.63) is 42.5 Å². The highest BCUT2D eigenvalue weighted by atomic mass is 16.6. The number of unbranched alkanes of at least 4 members (excludes halogenated alkanes) is 2. The average Bonchev–Trinajstić information content (AvgIpc) is 2.74. The van der Waals surface area contributed by atoms with Gasteiger partial charge in [-0.3, -0.25) is 9.59 Å². The van der Waals surface area contributed by atoms with Crippen molar-refractivity contribution in [3.8, 4) is 5.75 Å². The van der Waals surface area contributed by atoms with Gasteiger partial charge in [0.05, 0.1) is 6.61 Å². The summed E-state index contributed by atoms with van der Waals surface area (Å²) in [5, 5.41) is 24.7. The molecule has 0 saturated carbocycles. The first-order valence-electron chi connectivity index (χ1n) is 11.1. The van der Waals surface area contributed by atoms with Crippen molar-refractivity contribution >= 4 is 17.9 Å². The molecule has 9 heteroatoms. The minimum atomic E-state index is -1.33. The molecular weight excluding hydrogens is 426 g/mol. The zero-order chi connectivity index (χ0) is 25.0. The molecule has 1 aromatic rings. The summed E-state index contributed by atoms with van der Waals surface area (Å²) in [5.74, 6) is -1.08. The third kappa shape index (κ3) is 9.53. The monoisotopic (exact) mass is 463 g/mol. The van der Waals surface area contributed by atoms with Gasteiger partial charge in [0.1, 0.15) is 23.4 Å². The Morgan fingerprint density at radius 2 is 1.82 bits per heavy atom. The van der Waals surface area contributed by atoms with E-state index in [-0.39, 0.29) is 12.3 Å². The Bertz CT molecular complexity index is 788. The molecule has 0 radical (unpaired) electrons. The van der Waals surface area contributed by atoms with Crippen molar-refractivity contribution in [1.82, 2.24) is 15.5 Å². The SMILES string of the molecule is C=CCN(C(=O)C(CO)NC(=O)OC(C)(C)C)C(C(=O)NCCCCC)c1ccc(O)cc1. The molecule has 0 aromatic heterocycles. The summed E-state index contributed by atoms with van der Waals surface area (Å²) in [4.78, 5) is 39.9. The number of aromatic hydroxyl groups is 1. The van der Waals surface area contributed by atoms with Crippen LogP contribution in [-0.4, -0.2) is 64.4 Å². The molecule has 0 fully saturated rings. The van der Waals surface area contributed by atoms with Crippen LogP contribution in [0.25, 0.3) is 0 Å². The number of nitrogens with zero attached hydrogens (tertiary/aromatic N) is 1. The van der Waals surface area contributed by atoms with Crippen LogP contribution in [0, 0.1) is 0 Å². The van der Waals surface area contributed by atoms with E-state index >= 15 is 0 Å². The molecule has 4 N–H and O–H groups in total. The topological polar surface area (TPSA) is 128 Å². The van der Waals surface area contributed by atoms with E-state index in [0.29, 0.717) is 12.1 Å². The summed E-state index contributed by atoms with van der Waals surface area (Å²) in [6.45, 7) is 10.5. The molecule has 0 heterocycles. The summed E-state index contributed by atoms with van der Waals surface area (Å²) in [5.41, 5.74) is -0.328. The van der Waals surface area contributed by atoms with Crippen LogP contribution in [0.2, 0.25) is 0 Å². The van der Waals surface area contributed by atoms with Gasteiger partial charge >= 0.3 is 6.09 Å². The molecule has 1 rings (SSSR count). The van der Waals surface area contributed by atoms with Crippen LogP contribution in [0.3, 0.4) is 0 Å². The Balaban J connectivity index is 3.22. The standard InChI is InChI=1S/C24H37N3O6/c1-6-8-9-14-25-21(30)20(17-10-12-18(29)13-11-17)27(15-7-2)22(31)19(16-28)26-23(32)33-24(3,4)5/h7,10-13,19-20,28-29H,2,6,8-9,14-16H2,1,3-5H3,(H,25,30)(H,26,32). The second kappa shape index (κ2) is 13.5. The van der Waals surface area contributed by atoms with Gasteiger partial charge in [-0.25, -0.2) is 4.79 Å². The molecule has 0 aliphatic rings. The fourth-order valence-electron chi connectivity index (χ4n) is 3.11. The largest absolute Gasteiger partial charge is 0.508 e. The van der Waals surface area contributed by atoms with Crippen LogP contribution in [0.1, 0.15) is 58.6 Å². The van der Waals surface area contributed by atoms with E-state index in [1.54, 1.807) is 32.9 Å². The van der Waals surface area contributed by atoms with Crippen molar-refractivity contribution in [2.24, 2.45) is 0 Å². The number of aliphatic hydroxyl groups is 1. The number of hydrogen-bond acceptors (Lipinski definition) is 6. The molecule has 0 spiro atoms. The number of nitrogens with one attached hydrogen (secondary N) is 2. The molecule has 184 valence electrons. The second-order valence-corrected chi connectivity index (χ2v) is 8.65. The van der Waals surface area contributed by atoms with Crippen LogP contribution >= 0.6 is 0 Å². The van der Waals surface area contributed by atoms with Crippen LogP contribution in [0.4, 0.5) is 4.79 Å². The first-order chi connectivity index (χ1) is 15.5. The number of phenols is 1. The lowest BCUT2D eigenvalue weighted by Crippen LogP contribution is -2.54. The first kappa shape index (κ1) is 28.0. The Hall–Kier alpha value is -3.07. The number of rotatable bonds is 12. The predicted molar refractivity (Wildman–Crippen MR) is 126 cm³/mol. The maximum Gasteiger partial charge on any atom is 0.408 e. The van der Waals surface area contributed by atoms with Gasteiger partial charge in [0.2, 0.25) is 11.8 Å². The third-order valence-corrected chi connectivity index (χ3v) is 4.63. The lowest BCUT2D eigenvalue weighted by Gasteiger charge is -2.33. The Morgan fingerprint density at radius 1 is 1.18 bits per heavy atom. The normalized spacial score (nSPS) is 12.9. The van der Waals surface area contributed by atoms with Crippen LogP contribution < -0.4 is 10.6 Å². The molecule has 33 heavy (non-hydrogen) atoms. The highest BCUT2D eigenvalue weighted by Gasteiger charge is 2.35. The Morgan fingerprint density at radius 3 is 2.33 bits per heavy atom. The van der Waals surface area contributed by atoms with Crippen LogP contribution in [0.5, 0.6) is 5.75 Å². The van der Waals surface area contributed by atoms with Gasteiger partial charge in [-0.15, -0.1) is 6.58 Å². The maximum absolute atomic E-state index is 13.3. The first-order valence-corrected chi connectivity index (χ1v) is 11.1. The number of hydrogen-bond donors (Lipinski definition) is 4. The van der Waals surface area contributed by atoms with Crippen molar-refractivity contribution < 1.29 is 29.3 Å². The molecule has 0 saturated heterocycles. The van der Waals surface area contributed by atoms with Gasteiger partial charge < -0.3 is 30.5 Å². The van der Waals surface area contributed by atoms with E-state index in [1.165, 1.54) is 23.1 Å². The molecule has 9 nitrogen and oxygen atoms in total. The number of carbonyl (C=O) groups is 3. The van der Waals surface area contributed by atoms with Crippen molar-refractivity contribution in [1.29, 1.82) is 0 Å². The van der Waals surface area contributed by atoms with Crippen molar-refractivity contribution in [3.63, 3.8) is 0 Å². The van der Waals surface area contributed by atoms with E-state index in [2.05, 4.69) is 24.1 Å². The van der Waals surface area contributed by atoms with Crippen molar-refractivity contribution in [2.75, 3.05) is 19.7 Å². The molecule has 0 bridgehead atoms. The number of benzene rings is 1. The van der Waals surface area contributed by atoms with E-state index < -0.39 is 42.2 Å². The average molecular weight is 464 g/mol.